The van der Waals surface area contributed by atoms with E-state index in [1.54, 1.807) is 19.1 Å². The van der Waals surface area contributed by atoms with Crippen molar-refractivity contribution < 1.29 is 17.9 Å². The summed E-state index contributed by atoms with van der Waals surface area (Å²) in [5, 5.41) is 2.57. The highest BCUT2D eigenvalue weighted by molar-refractivity contribution is 7.89. The minimum absolute atomic E-state index is 0.0129. The van der Waals surface area contributed by atoms with Crippen LogP contribution >= 0.6 is 0 Å². The van der Waals surface area contributed by atoms with E-state index in [4.69, 9.17) is 4.74 Å². The summed E-state index contributed by atoms with van der Waals surface area (Å²) >= 11 is 0. The number of sulfonamides is 1. The predicted octanol–water partition coefficient (Wildman–Crippen LogP) is 1.48. The van der Waals surface area contributed by atoms with Gasteiger partial charge in [0.2, 0.25) is 15.9 Å². The highest BCUT2D eigenvalue weighted by Crippen LogP contribution is 2.30. The molecule has 2 N–H and O–H groups in total. The van der Waals surface area contributed by atoms with Crippen molar-refractivity contribution in [1.82, 2.24) is 4.72 Å². The lowest BCUT2D eigenvalue weighted by atomic mass is 10.3. The summed E-state index contributed by atoms with van der Waals surface area (Å²) in [6.07, 6.45) is 1.71. The number of nitrogens with one attached hydrogen (secondary N) is 2. The number of rotatable bonds is 6. The van der Waals surface area contributed by atoms with Crippen molar-refractivity contribution in [3.63, 3.8) is 0 Å². The summed E-state index contributed by atoms with van der Waals surface area (Å²) in [5.41, 5.74) is 0.428. The Labute approximate surface area is 118 Å². The van der Waals surface area contributed by atoms with E-state index in [0.717, 1.165) is 12.8 Å². The van der Waals surface area contributed by atoms with Crippen LogP contribution in [0.15, 0.2) is 23.1 Å². The maximum Gasteiger partial charge on any atom is 0.244 e. The number of ether oxygens (including phenoxy) is 1. The van der Waals surface area contributed by atoms with Gasteiger partial charge in [-0.25, -0.2) is 13.1 Å². The van der Waals surface area contributed by atoms with Crippen LogP contribution in [0.3, 0.4) is 0 Å². The molecule has 0 heterocycles. The summed E-state index contributed by atoms with van der Waals surface area (Å²) in [6, 6.07) is 4.59. The van der Waals surface area contributed by atoms with E-state index < -0.39 is 10.0 Å². The largest absolute Gasteiger partial charge is 0.492 e. The first-order valence-corrected chi connectivity index (χ1v) is 7.97. The molecule has 20 heavy (non-hydrogen) atoms. The van der Waals surface area contributed by atoms with Gasteiger partial charge in [-0.15, -0.1) is 0 Å². The molecule has 110 valence electrons. The monoisotopic (exact) mass is 298 g/mol. The Balaban J connectivity index is 2.37. The number of hydrogen-bond acceptors (Lipinski definition) is 4. The average molecular weight is 298 g/mol. The van der Waals surface area contributed by atoms with Crippen molar-refractivity contribution in [3.05, 3.63) is 18.2 Å². The Kier molecular flexibility index (Phi) is 4.29. The average Bonchev–Trinajstić information content (AvgIpc) is 3.14. The van der Waals surface area contributed by atoms with E-state index in [2.05, 4.69) is 10.0 Å². The number of benzene rings is 1. The highest BCUT2D eigenvalue weighted by Gasteiger charge is 2.30. The quantitative estimate of drug-likeness (QED) is 0.833. The molecule has 7 heteroatoms. The molecule has 1 saturated carbocycles. The third kappa shape index (κ3) is 3.71. The molecule has 1 fully saturated rings. The van der Waals surface area contributed by atoms with Crippen LogP contribution in [0.25, 0.3) is 0 Å². The van der Waals surface area contributed by atoms with Gasteiger partial charge >= 0.3 is 0 Å². The summed E-state index contributed by atoms with van der Waals surface area (Å²) in [5.74, 6) is 0.0300. The van der Waals surface area contributed by atoms with Gasteiger partial charge in [-0.05, 0) is 38.0 Å². The molecule has 6 nitrogen and oxygen atoms in total. The first-order valence-electron chi connectivity index (χ1n) is 6.49. The standard InChI is InChI=1S/C13H18N2O4S/c1-3-19-12-7-6-11(14-9(2)16)8-13(12)20(17,18)15-10-4-5-10/h6-8,10,15H,3-5H2,1-2H3,(H,14,16). The van der Waals surface area contributed by atoms with Gasteiger partial charge in [0.1, 0.15) is 10.6 Å². The number of hydrogen-bond donors (Lipinski definition) is 2. The van der Waals surface area contributed by atoms with E-state index in [-0.39, 0.29) is 22.6 Å². The number of carbonyl (C=O) groups is 1. The summed E-state index contributed by atoms with van der Waals surface area (Å²) in [7, 11) is -3.63. The van der Waals surface area contributed by atoms with Crippen LogP contribution < -0.4 is 14.8 Å². The lowest BCUT2D eigenvalue weighted by molar-refractivity contribution is -0.114. The topological polar surface area (TPSA) is 84.5 Å². The zero-order valence-electron chi connectivity index (χ0n) is 11.5. The number of anilines is 1. The molecule has 0 atom stereocenters. The van der Waals surface area contributed by atoms with Gasteiger partial charge in [-0.3, -0.25) is 4.79 Å². The van der Waals surface area contributed by atoms with Gasteiger partial charge in [0.05, 0.1) is 6.61 Å². The second kappa shape index (κ2) is 5.80. The van der Waals surface area contributed by atoms with Gasteiger partial charge in [-0.1, -0.05) is 0 Å². The normalized spacial score (nSPS) is 14.9. The van der Waals surface area contributed by atoms with Gasteiger partial charge < -0.3 is 10.1 Å². The minimum atomic E-state index is -3.63. The van der Waals surface area contributed by atoms with E-state index in [1.165, 1.54) is 13.0 Å². The highest BCUT2D eigenvalue weighted by atomic mass is 32.2. The minimum Gasteiger partial charge on any atom is -0.492 e. The maximum absolute atomic E-state index is 12.3. The molecule has 1 aliphatic carbocycles. The molecule has 0 unspecified atom stereocenters. The second-order valence-corrected chi connectivity index (χ2v) is 6.35. The summed E-state index contributed by atoms with van der Waals surface area (Å²) in [4.78, 5) is 11.1. The van der Waals surface area contributed by atoms with Crippen molar-refractivity contribution in [2.45, 2.75) is 37.6 Å². The second-order valence-electron chi connectivity index (χ2n) is 4.67. The molecular weight excluding hydrogens is 280 g/mol. The molecule has 1 aromatic rings. The Bertz CT molecular complexity index is 609. The van der Waals surface area contributed by atoms with Gasteiger partial charge in [0.25, 0.3) is 0 Å². The lowest BCUT2D eigenvalue weighted by Gasteiger charge is -2.13. The molecule has 1 aromatic carbocycles. The predicted molar refractivity (Wildman–Crippen MR) is 75.3 cm³/mol. The maximum atomic E-state index is 12.3. The van der Waals surface area contributed by atoms with Crippen LogP contribution in [0, 0.1) is 0 Å². The Hall–Kier alpha value is -1.60. The third-order valence-corrected chi connectivity index (χ3v) is 4.29. The first-order chi connectivity index (χ1) is 9.42. The lowest BCUT2D eigenvalue weighted by Crippen LogP contribution is -2.26. The molecule has 2 rings (SSSR count). The fraction of sp³-hybridized carbons (Fsp3) is 0.462. The zero-order chi connectivity index (χ0) is 14.8. The fourth-order valence-electron chi connectivity index (χ4n) is 1.76. The van der Waals surface area contributed by atoms with Crippen LogP contribution in [0.2, 0.25) is 0 Å². The molecule has 1 aliphatic rings. The molecule has 1 amide bonds. The molecule has 0 aliphatic heterocycles. The SMILES string of the molecule is CCOc1ccc(NC(C)=O)cc1S(=O)(=O)NC1CC1. The Morgan fingerprint density at radius 3 is 2.65 bits per heavy atom. The third-order valence-electron chi connectivity index (χ3n) is 2.75. The summed E-state index contributed by atoms with van der Waals surface area (Å²) < 4.78 is 32.6. The Morgan fingerprint density at radius 1 is 1.40 bits per heavy atom. The first kappa shape index (κ1) is 14.8. The van der Waals surface area contributed by atoms with Crippen LogP contribution in [0.4, 0.5) is 5.69 Å². The molecule has 0 aromatic heterocycles. The van der Waals surface area contributed by atoms with Crippen LogP contribution in [0.5, 0.6) is 5.75 Å². The van der Waals surface area contributed by atoms with Gasteiger partial charge in [-0.2, -0.15) is 0 Å². The van der Waals surface area contributed by atoms with Crippen molar-refractivity contribution in [1.29, 1.82) is 0 Å². The van der Waals surface area contributed by atoms with Crippen molar-refractivity contribution in [3.8, 4) is 5.75 Å². The molecule has 0 spiro atoms. The zero-order valence-corrected chi connectivity index (χ0v) is 12.3. The smallest absolute Gasteiger partial charge is 0.244 e. The van der Waals surface area contributed by atoms with Gasteiger partial charge in [0, 0.05) is 18.7 Å². The molecular formula is C13H18N2O4S. The van der Waals surface area contributed by atoms with Crippen LogP contribution in [-0.2, 0) is 14.8 Å². The fourth-order valence-corrected chi connectivity index (χ4v) is 3.23. The number of amides is 1. The summed E-state index contributed by atoms with van der Waals surface area (Å²) in [6.45, 7) is 3.52. The number of carbonyl (C=O) groups excluding carboxylic acids is 1. The van der Waals surface area contributed by atoms with Crippen molar-refractivity contribution >= 4 is 21.6 Å². The molecule has 0 saturated heterocycles. The van der Waals surface area contributed by atoms with Crippen LogP contribution in [0.1, 0.15) is 26.7 Å². The molecule has 0 bridgehead atoms. The van der Waals surface area contributed by atoms with Crippen molar-refractivity contribution in [2.24, 2.45) is 0 Å². The van der Waals surface area contributed by atoms with Gasteiger partial charge in [0.15, 0.2) is 0 Å². The van der Waals surface area contributed by atoms with Crippen molar-refractivity contribution in [2.75, 3.05) is 11.9 Å². The van der Waals surface area contributed by atoms with E-state index in [0.29, 0.717) is 12.3 Å². The van der Waals surface area contributed by atoms with Crippen LogP contribution in [-0.4, -0.2) is 27.0 Å². The van der Waals surface area contributed by atoms with E-state index in [9.17, 15) is 13.2 Å². The Morgan fingerprint density at radius 2 is 2.10 bits per heavy atom. The van der Waals surface area contributed by atoms with E-state index in [1.807, 2.05) is 0 Å². The van der Waals surface area contributed by atoms with E-state index >= 15 is 0 Å². The molecule has 0 radical (unpaired) electrons.